The number of allylic oxidation sites excluding steroid dienone is 18. The number of phosphoric acid groups is 1. The fraction of sp³-hybridized carbons (Fsp3) is 0.556. The number of ether oxygens (including phenoxy) is 2. The van der Waals surface area contributed by atoms with Crippen LogP contribution in [0, 0.1) is 0 Å². The maximum absolute atomic E-state index is 12.5. The van der Waals surface area contributed by atoms with Gasteiger partial charge in [-0.1, -0.05) is 130 Å². The number of carbonyl (C=O) groups is 2. The summed E-state index contributed by atoms with van der Waals surface area (Å²) in [5.74, 6) is -0.930. The van der Waals surface area contributed by atoms with Gasteiger partial charge >= 0.3 is 19.8 Å². The predicted molar refractivity (Wildman–Crippen MR) is 228 cm³/mol. The van der Waals surface area contributed by atoms with Crippen molar-refractivity contribution in [1.29, 1.82) is 0 Å². The van der Waals surface area contributed by atoms with E-state index in [2.05, 4.69) is 123 Å². The number of rotatable bonds is 36. The molecule has 1 unspecified atom stereocenters. The molecule has 10 heteroatoms. The van der Waals surface area contributed by atoms with Gasteiger partial charge in [0, 0.05) is 19.4 Å². The molecule has 0 rings (SSSR count). The van der Waals surface area contributed by atoms with E-state index in [-0.39, 0.29) is 32.6 Å². The van der Waals surface area contributed by atoms with Crippen molar-refractivity contribution in [2.45, 2.75) is 136 Å². The van der Waals surface area contributed by atoms with Gasteiger partial charge in [-0.05, 0) is 96.3 Å². The monoisotopic (exact) mass is 785 g/mol. The second-order valence-corrected chi connectivity index (χ2v) is 14.2. The predicted octanol–water partition coefficient (Wildman–Crippen LogP) is 11.6. The summed E-state index contributed by atoms with van der Waals surface area (Å²) in [6, 6.07) is 0. The molecule has 9 nitrogen and oxygen atoms in total. The van der Waals surface area contributed by atoms with Crippen LogP contribution in [0.5, 0.6) is 0 Å². The first-order valence-electron chi connectivity index (χ1n) is 20.4. The summed E-state index contributed by atoms with van der Waals surface area (Å²) in [5.41, 5.74) is 5.33. The highest BCUT2D eigenvalue weighted by atomic mass is 31.2. The third-order valence-corrected chi connectivity index (χ3v) is 8.64. The standard InChI is InChI=1S/C45H72NO8P/c1-3-5-7-9-11-13-15-17-19-20-21-22-24-25-27-29-31-33-35-37-44(47)51-41-43(42-53-55(49,50)52-40-39-46)54-45(48)38-36-34-32-30-28-26-23-18-16-14-12-10-8-6-4-2/h5-8,11-14,17-19,21-23,25,27-28,30,43H,3-4,9-10,15-16,20,24,26,29,31-42,46H2,1-2H3,(H,49,50)/b7-5-,8-6-,13-11-,14-12-,19-17-,22-21-,23-18-,27-25-,30-28-/t43-/m1/s1. The molecule has 3 N–H and O–H groups in total. The van der Waals surface area contributed by atoms with Crippen LogP contribution in [0.15, 0.2) is 109 Å². The first-order valence-corrected chi connectivity index (χ1v) is 21.9. The number of hydrogen-bond donors (Lipinski definition) is 2. The Morgan fingerprint density at radius 3 is 1.40 bits per heavy atom. The SMILES string of the molecule is CC/C=C\C/C=C\C/C=C\C/C=C\C/C=C\CCCCCC(=O)OC[C@H](COP(=O)(O)OCCN)OC(=O)CCCC/C=C\C/C=C\C/C=C\C/C=C\CC. The number of phosphoric ester groups is 1. The van der Waals surface area contributed by atoms with Crippen LogP contribution in [0.1, 0.15) is 129 Å². The Labute approximate surface area is 333 Å². The van der Waals surface area contributed by atoms with Crippen LogP contribution in [0.3, 0.4) is 0 Å². The highest BCUT2D eigenvalue weighted by Crippen LogP contribution is 2.43. The Balaban J connectivity index is 4.34. The lowest BCUT2D eigenvalue weighted by atomic mass is 10.1. The summed E-state index contributed by atoms with van der Waals surface area (Å²) in [6.07, 6.45) is 52.7. The van der Waals surface area contributed by atoms with E-state index in [1.807, 2.05) is 0 Å². The van der Waals surface area contributed by atoms with Crippen molar-refractivity contribution in [3.8, 4) is 0 Å². The minimum Gasteiger partial charge on any atom is -0.462 e. The Morgan fingerprint density at radius 2 is 0.945 bits per heavy atom. The number of hydrogen-bond acceptors (Lipinski definition) is 8. The molecule has 0 spiro atoms. The molecule has 0 fully saturated rings. The van der Waals surface area contributed by atoms with E-state index < -0.39 is 32.5 Å². The molecule has 55 heavy (non-hydrogen) atoms. The molecule has 0 amide bonds. The number of carbonyl (C=O) groups excluding carboxylic acids is 2. The van der Waals surface area contributed by atoms with Crippen molar-refractivity contribution < 1.29 is 37.6 Å². The molecular weight excluding hydrogens is 713 g/mol. The number of esters is 2. The molecule has 0 aromatic rings. The summed E-state index contributed by atoms with van der Waals surface area (Å²) >= 11 is 0. The highest BCUT2D eigenvalue weighted by molar-refractivity contribution is 7.47. The molecule has 2 atom stereocenters. The largest absolute Gasteiger partial charge is 0.472 e. The van der Waals surface area contributed by atoms with E-state index >= 15 is 0 Å². The van der Waals surface area contributed by atoms with Crippen molar-refractivity contribution >= 4 is 19.8 Å². The van der Waals surface area contributed by atoms with Gasteiger partial charge in [-0.2, -0.15) is 0 Å². The van der Waals surface area contributed by atoms with Crippen molar-refractivity contribution in [1.82, 2.24) is 0 Å². The van der Waals surface area contributed by atoms with Gasteiger partial charge in [0.15, 0.2) is 6.10 Å². The third-order valence-electron chi connectivity index (χ3n) is 7.65. The van der Waals surface area contributed by atoms with Crippen LogP contribution in [-0.2, 0) is 32.7 Å². The molecule has 0 radical (unpaired) electrons. The topological polar surface area (TPSA) is 134 Å². The molecule has 0 aromatic heterocycles. The van der Waals surface area contributed by atoms with Crippen LogP contribution in [0.2, 0.25) is 0 Å². The van der Waals surface area contributed by atoms with E-state index in [4.69, 9.17) is 24.3 Å². The van der Waals surface area contributed by atoms with Gasteiger partial charge in [-0.15, -0.1) is 0 Å². The molecule has 0 bridgehead atoms. The average molecular weight is 786 g/mol. The molecule has 0 aliphatic carbocycles. The lowest BCUT2D eigenvalue weighted by Gasteiger charge is -2.19. The Kier molecular flexibility index (Phi) is 37.9. The summed E-state index contributed by atoms with van der Waals surface area (Å²) in [7, 11) is -4.40. The van der Waals surface area contributed by atoms with Crippen molar-refractivity contribution in [2.24, 2.45) is 5.73 Å². The van der Waals surface area contributed by atoms with Crippen molar-refractivity contribution in [3.05, 3.63) is 109 Å². The quantitative estimate of drug-likeness (QED) is 0.0275. The summed E-state index contributed by atoms with van der Waals surface area (Å²) < 4.78 is 32.6. The molecule has 310 valence electrons. The van der Waals surface area contributed by atoms with E-state index in [1.54, 1.807) is 0 Å². The highest BCUT2D eigenvalue weighted by Gasteiger charge is 2.25. The second kappa shape index (κ2) is 40.3. The normalized spacial score (nSPS) is 14.5. The lowest BCUT2D eigenvalue weighted by Crippen LogP contribution is -2.29. The van der Waals surface area contributed by atoms with Gasteiger partial charge in [0.2, 0.25) is 0 Å². The minimum absolute atomic E-state index is 0.0349. The van der Waals surface area contributed by atoms with Gasteiger partial charge in [0.05, 0.1) is 13.2 Å². The average Bonchev–Trinajstić information content (AvgIpc) is 3.17. The van der Waals surface area contributed by atoms with Gasteiger partial charge < -0.3 is 20.1 Å². The Bertz CT molecular complexity index is 1260. The first kappa shape index (κ1) is 51.7. The molecule has 0 heterocycles. The zero-order valence-corrected chi connectivity index (χ0v) is 34.7. The van der Waals surface area contributed by atoms with E-state index in [0.29, 0.717) is 12.8 Å². The fourth-order valence-corrected chi connectivity index (χ4v) is 5.47. The Morgan fingerprint density at radius 1 is 0.545 bits per heavy atom. The third kappa shape index (κ3) is 40.2. The molecule has 0 saturated heterocycles. The number of unbranched alkanes of at least 4 members (excludes halogenated alkanes) is 5. The molecule has 0 saturated carbocycles. The summed E-state index contributed by atoms with van der Waals surface area (Å²) in [6.45, 7) is 3.37. The first-order chi connectivity index (χ1) is 26.8. The van der Waals surface area contributed by atoms with E-state index in [1.165, 1.54) is 0 Å². The van der Waals surface area contributed by atoms with E-state index in [0.717, 1.165) is 89.9 Å². The fourth-order valence-electron chi connectivity index (χ4n) is 4.71. The summed E-state index contributed by atoms with van der Waals surface area (Å²) in [5, 5.41) is 0. The smallest absolute Gasteiger partial charge is 0.462 e. The molecular formula is C45H72NO8P. The molecule has 0 aliphatic rings. The van der Waals surface area contributed by atoms with E-state index in [9.17, 15) is 19.0 Å². The van der Waals surface area contributed by atoms with Crippen LogP contribution < -0.4 is 5.73 Å². The van der Waals surface area contributed by atoms with Crippen LogP contribution in [0.4, 0.5) is 0 Å². The molecule has 0 aromatic carbocycles. The maximum atomic E-state index is 12.5. The van der Waals surface area contributed by atoms with Crippen LogP contribution in [-0.4, -0.2) is 49.3 Å². The van der Waals surface area contributed by atoms with Crippen molar-refractivity contribution in [3.63, 3.8) is 0 Å². The molecule has 0 aliphatic heterocycles. The minimum atomic E-state index is -4.40. The van der Waals surface area contributed by atoms with Crippen LogP contribution >= 0.6 is 7.82 Å². The summed E-state index contributed by atoms with van der Waals surface area (Å²) in [4.78, 5) is 34.8. The Hall–Kier alpha value is -3.33. The van der Waals surface area contributed by atoms with Gasteiger partial charge in [0.25, 0.3) is 0 Å². The van der Waals surface area contributed by atoms with Gasteiger partial charge in [-0.3, -0.25) is 18.6 Å². The lowest BCUT2D eigenvalue weighted by molar-refractivity contribution is -0.161. The second-order valence-electron chi connectivity index (χ2n) is 12.7. The zero-order chi connectivity index (χ0) is 40.3. The maximum Gasteiger partial charge on any atom is 0.472 e. The van der Waals surface area contributed by atoms with Crippen molar-refractivity contribution in [2.75, 3.05) is 26.4 Å². The number of nitrogens with two attached hydrogens (primary N) is 1. The van der Waals surface area contributed by atoms with Gasteiger partial charge in [-0.25, -0.2) is 4.57 Å². The van der Waals surface area contributed by atoms with Crippen LogP contribution in [0.25, 0.3) is 0 Å². The zero-order valence-electron chi connectivity index (χ0n) is 33.9. The van der Waals surface area contributed by atoms with Gasteiger partial charge in [0.1, 0.15) is 6.61 Å².